The first-order chi connectivity index (χ1) is 9.76. The van der Waals surface area contributed by atoms with E-state index < -0.39 is 0 Å². The second-order valence-corrected chi connectivity index (χ2v) is 6.21. The average Bonchev–Trinajstić information content (AvgIpc) is 2.35. The third-order valence-electron chi connectivity index (χ3n) is 2.58. The van der Waals surface area contributed by atoms with Gasteiger partial charge in [-0.2, -0.15) is 0 Å². The number of hydrogen-bond acceptors (Lipinski definition) is 4. The lowest BCUT2D eigenvalue weighted by molar-refractivity contribution is -0.124. The van der Waals surface area contributed by atoms with Crippen molar-refractivity contribution in [1.82, 2.24) is 10.6 Å². The molecule has 0 heterocycles. The predicted molar refractivity (Wildman–Crippen MR) is 83.2 cm³/mol. The zero-order valence-electron chi connectivity index (χ0n) is 13.6. The van der Waals surface area contributed by atoms with Crippen molar-refractivity contribution in [3.05, 3.63) is 29.8 Å². The Labute approximate surface area is 138 Å². The summed E-state index contributed by atoms with van der Waals surface area (Å²) >= 11 is 0. The number of benzene rings is 1. The van der Waals surface area contributed by atoms with E-state index in [9.17, 15) is 4.79 Å². The molecule has 0 aliphatic carbocycles. The van der Waals surface area contributed by atoms with Crippen LogP contribution in [0.25, 0.3) is 0 Å². The van der Waals surface area contributed by atoms with Crippen LogP contribution in [0.15, 0.2) is 24.3 Å². The van der Waals surface area contributed by atoms with Gasteiger partial charge in [-0.25, -0.2) is 0 Å². The number of aliphatic hydroxyl groups excluding tert-OH is 1. The molecule has 0 saturated carbocycles. The predicted octanol–water partition coefficient (Wildman–Crippen LogP) is -1.55. The van der Waals surface area contributed by atoms with Crippen molar-refractivity contribution in [3.63, 3.8) is 0 Å². The van der Waals surface area contributed by atoms with Crippen LogP contribution >= 0.6 is 0 Å². The van der Waals surface area contributed by atoms with Crippen LogP contribution in [0, 0.1) is 0 Å². The fraction of sp³-hybridized carbons (Fsp3) is 0.562. The molecule has 126 valence electrons. The number of hydrogen-bond donors (Lipinski definition) is 3. The van der Waals surface area contributed by atoms with Gasteiger partial charge in [0.2, 0.25) is 0 Å². The average molecular weight is 330 g/mol. The third-order valence-corrected chi connectivity index (χ3v) is 2.58. The molecule has 1 aromatic rings. The molecule has 0 aliphatic rings. The first-order valence-corrected chi connectivity index (χ1v) is 7.18. The minimum absolute atomic E-state index is 0. The van der Waals surface area contributed by atoms with Crippen molar-refractivity contribution >= 4 is 5.91 Å². The van der Waals surface area contributed by atoms with E-state index in [0.29, 0.717) is 18.8 Å². The van der Waals surface area contributed by atoms with Gasteiger partial charge >= 0.3 is 0 Å². The van der Waals surface area contributed by atoms with Gasteiger partial charge in [0.1, 0.15) is 5.75 Å². The number of halogens is 1. The summed E-state index contributed by atoms with van der Waals surface area (Å²) in [7, 11) is 0. The van der Waals surface area contributed by atoms with Crippen LogP contribution in [0.5, 0.6) is 5.75 Å². The van der Waals surface area contributed by atoms with Crippen LogP contribution in [-0.4, -0.2) is 35.8 Å². The maximum absolute atomic E-state index is 11.6. The van der Waals surface area contributed by atoms with Gasteiger partial charge in [0, 0.05) is 18.6 Å². The molecule has 1 unspecified atom stereocenters. The summed E-state index contributed by atoms with van der Waals surface area (Å²) < 4.78 is 5.44. The topological polar surface area (TPSA) is 70.6 Å². The van der Waals surface area contributed by atoms with Gasteiger partial charge in [-0.1, -0.05) is 12.1 Å². The van der Waals surface area contributed by atoms with Crippen molar-refractivity contribution in [2.45, 2.75) is 45.9 Å². The summed E-state index contributed by atoms with van der Waals surface area (Å²) in [6.07, 6.45) is -0.353. The highest BCUT2D eigenvalue weighted by Gasteiger charge is 2.13. The van der Waals surface area contributed by atoms with Crippen LogP contribution in [0.2, 0.25) is 0 Å². The molecule has 6 heteroatoms. The highest BCUT2D eigenvalue weighted by Crippen LogP contribution is 2.12. The summed E-state index contributed by atoms with van der Waals surface area (Å²) in [6, 6.07) is 7.55. The van der Waals surface area contributed by atoms with Crippen LogP contribution in [0.1, 0.15) is 33.3 Å². The Kier molecular flexibility index (Phi) is 9.09. The summed E-state index contributed by atoms with van der Waals surface area (Å²) in [5.41, 5.74) is 0.849. The lowest BCUT2D eigenvalue weighted by Gasteiger charge is -2.20. The SMILES string of the molecule is CC(O)CNCc1ccc(OCC(=O)NC(C)(C)C)cc1.[Cl-]. The zero-order chi connectivity index (χ0) is 15.9. The zero-order valence-corrected chi connectivity index (χ0v) is 14.4. The lowest BCUT2D eigenvalue weighted by atomic mass is 10.1. The molecular formula is C16H26ClN2O3-. The molecule has 1 amide bonds. The largest absolute Gasteiger partial charge is 1.00 e. The molecular weight excluding hydrogens is 304 g/mol. The maximum Gasteiger partial charge on any atom is 0.258 e. The van der Waals surface area contributed by atoms with E-state index in [4.69, 9.17) is 9.84 Å². The number of aliphatic hydroxyl groups is 1. The Morgan fingerprint density at radius 1 is 1.27 bits per heavy atom. The van der Waals surface area contributed by atoms with Crippen LogP contribution in [0.3, 0.4) is 0 Å². The normalized spacial score (nSPS) is 12.2. The Morgan fingerprint density at radius 3 is 2.36 bits per heavy atom. The Bertz CT molecular complexity index is 442. The monoisotopic (exact) mass is 329 g/mol. The van der Waals surface area contributed by atoms with E-state index in [2.05, 4.69) is 10.6 Å². The minimum atomic E-state index is -0.353. The second-order valence-electron chi connectivity index (χ2n) is 6.21. The van der Waals surface area contributed by atoms with Crippen molar-refractivity contribution in [3.8, 4) is 5.75 Å². The van der Waals surface area contributed by atoms with E-state index in [1.807, 2.05) is 45.0 Å². The number of carbonyl (C=O) groups is 1. The van der Waals surface area contributed by atoms with Crippen LogP contribution < -0.4 is 27.8 Å². The fourth-order valence-corrected chi connectivity index (χ4v) is 1.73. The van der Waals surface area contributed by atoms with Gasteiger partial charge in [0.15, 0.2) is 6.61 Å². The van der Waals surface area contributed by atoms with Gasteiger partial charge in [0.25, 0.3) is 5.91 Å². The van der Waals surface area contributed by atoms with Gasteiger partial charge in [-0.15, -0.1) is 0 Å². The van der Waals surface area contributed by atoms with E-state index in [1.54, 1.807) is 6.92 Å². The molecule has 0 aromatic heterocycles. The van der Waals surface area contributed by atoms with E-state index >= 15 is 0 Å². The number of carbonyl (C=O) groups excluding carboxylic acids is 1. The molecule has 0 fully saturated rings. The van der Waals surface area contributed by atoms with Gasteiger partial charge in [-0.05, 0) is 45.4 Å². The first kappa shape index (κ1) is 20.7. The van der Waals surface area contributed by atoms with Gasteiger partial charge in [0.05, 0.1) is 6.10 Å². The molecule has 0 saturated heterocycles. The number of nitrogens with one attached hydrogen (secondary N) is 2. The maximum atomic E-state index is 11.6. The molecule has 0 radical (unpaired) electrons. The molecule has 1 aromatic carbocycles. The van der Waals surface area contributed by atoms with E-state index in [0.717, 1.165) is 5.56 Å². The highest BCUT2D eigenvalue weighted by molar-refractivity contribution is 5.78. The van der Waals surface area contributed by atoms with Crippen molar-refractivity contribution in [2.75, 3.05) is 13.2 Å². The molecule has 0 spiro atoms. The first-order valence-electron chi connectivity index (χ1n) is 7.18. The van der Waals surface area contributed by atoms with Gasteiger partial charge in [-0.3, -0.25) is 4.79 Å². The van der Waals surface area contributed by atoms with Crippen molar-refractivity contribution < 1.29 is 27.0 Å². The standard InChI is InChI=1S/C16H26N2O3.ClH/c1-12(19)9-17-10-13-5-7-14(8-6-13)21-11-15(20)18-16(2,3)4;/h5-8,12,17,19H,9-11H2,1-4H3,(H,18,20);1H/p-1. The minimum Gasteiger partial charge on any atom is -1.00 e. The fourth-order valence-electron chi connectivity index (χ4n) is 1.73. The smallest absolute Gasteiger partial charge is 0.258 e. The van der Waals surface area contributed by atoms with E-state index in [-0.39, 0.29) is 36.6 Å². The van der Waals surface area contributed by atoms with Crippen molar-refractivity contribution in [1.29, 1.82) is 0 Å². The second kappa shape index (κ2) is 9.66. The Hall–Kier alpha value is -1.30. The molecule has 5 nitrogen and oxygen atoms in total. The molecule has 1 rings (SSSR count). The molecule has 0 bridgehead atoms. The molecule has 1 atom stereocenters. The Morgan fingerprint density at radius 2 is 1.86 bits per heavy atom. The summed E-state index contributed by atoms with van der Waals surface area (Å²) in [6.45, 7) is 8.80. The lowest BCUT2D eigenvalue weighted by Crippen LogP contribution is -3.00. The molecule has 3 N–H and O–H groups in total. The number of ether oxygens (including phenoxy) is 1. The molecule has 0 aliphatic heterocycles. The Balaban J connectivity index is 0.00000441. The quantitative estimate of drug-likeness (QED) is 0.567. The van der Waals surface area contributed by atoms with Crippen molar-refractivity contribution in [2.24, 2.45) is 0 Å². The summed E-state index contributed by atoms with van der Waals surface area (Å²) in [4.78, 5) is 11.6. The number of rotatable bonds is 7. The van der Waals surface area contributed by atoms with Crippen LogP contribution in [0.4, 0.5) is 0 Å². The highest BCUT2D eigenvalue weighted by atomic mass is 35.5. The number of amides is 1. The van der Waals surface area contributed by atoms with E-state index in [1.165, 1.54) is 0 Å². The van der Waals surface area contributed by atoms with Crippen LogP contribution in [-0.2, 0) is 11.3 Å². The van der Waals surface area contributed by atoms with Gasteiger partial charge < -0.3 is 32.9 Å². The molecule has 22 heavy (non-hydrogen) atoms. The third kappa shape index (κ3) is 9.60. The summed E-state index contributed by atoms with van der Waals surface area (Å²) in [5, 5.41) is 15.1. The summed E-state index contributed by atoms with van der Waals surface area (Å²) in [5.74, 6) is 0.531.